The zero-order chi connectivity index (χ0) is 15.5. The molecule has 8 heteroatoms. The van der Waals surface area contributed by atoms with E-state index in [0.717, 1.165) is 15.4 Å². The summed E-state index contributed by atoms with van der Waals surface area (Å²) in [7, 11) is -1.82. The van der Waals surface area contributed by atoms with Gasteiger partial charge in [-0.25, -0.2) is 23.1 Å². The van der Waals surface area contributed by atoms with Gasteiger partial charge in [0.05, 0.1) is 6.04 Å². The molecule has 0 radical (unpaired) electrons. The van der Waals surface area contributed by atoms with E-state index in [2.05, 4.69) is 20.0 Å². The lowest BCUT2D eigenvalue weighted by atomic mass is 10.3. The molecule has 2 aromatic heterocycles. The molecular weight excluding hydrogens is 308 g/mol. The molecule has 0 aliphatic carbocycles. The lowest BCUT2D eigenvalue weighted by molar-refractivity contribution is 0.562. The van der Waals surface area contributed by atoms with Crippen molar-refractivity contribution in [2.24, 2.45) is 0 Å². The number of sulfonamides is 1. The van der Waals surface area contributed by atoms with Gasteiger partial charge in [-0.05, 0) is 32.5 Å². The molecule has 114 valence electrons. The van der Waals surface area contributed by atoms with Crippen molar-refractivity contribution in [2.75, 3.05) is 7.05 Å². The van der Waals surface area contributed by atoms with E-state index in [9.17, 15) is 8.42 Å². The Labute approximate surface area is 128 Å². The number of pyridine rings is 1. The van der Waals surface area contributed by atoms with Crippen molar-refractivity contribution in [3.63, 3.8) is 0 Å². The van der Waals surface area contributed by atoms with Crippen LogP contribution in [-0.2, 0) is 16.6 Å². The van der Waals surface area contributed by atoms with Gasteiger partial charge in [0, 0.05) is 23.8 Å². The maximum atomic E-state index is 12.3. The van der Waals surface area contributed by atoms with Gasteiger partial charge in [0.2, 0.25) is 0 Å². The molecule has 0 bridgehead atoms. The number of aryl methyl sites for hydroxylation is 1. The maximum Gasteiger partial charge on any atom is 0.258 e. The van der Waals surface area contributed by atoms with Crippen LogP contribution in [0.25, 0.3) is 0 Å². The van der Waals surface area contributed by atoms with Crippen molar-refractivity contribution in [1.82, 2.24) is 20.0 Å². The number of aromatic nitrogens is 2. The fourth-order valence-corrected chi connectivity index (χ4v) is 3.78. The average Bonchev–Trinajstić information content (AvgIpc) is 2.86. The Morgan fingerprint density at radius 2 is 2.05 bits per heavy atom. The summed E-state index contributed by atoms with van der Waals surface area (Å²) in [6.45, 7) is 4.35. The van der Waals surface area contributed by atoms with Crippen LogP contribution in [0.1, 0.15) is 28.4 Å². The van der Waals surface area contributed by atoms with Crippen LogP contribution in [0.15, 0.2) is 29.6 Å². The molecule has 2 rings (SSSR count). The van der Waals surface area contributed by atoms with Crippen molar-refractivity contribution < 1.29 is 8.42 Å². The van der Waals surface area contributed by atoms with Crippen LogP contribution in [-0.4, -0.2) is 25.4 Å². The van der Waals surface area contributed by atoms with Gasteiger partial charge in [-0.3, -0.25) is 0 Å². The first-order valence-electron chi connectivity index (χ1n) is 6.46. The lowest BCUT2D eigenvalue weighted by Crippen LogP contribution is -2.27. The van der Waals surface area contributed by atoms with E-state index in [1.54, 1.807) is 25.4 Å². The van der Waals surface area contributed by atoms with Gasteiger partial charge in [-0.1, -0.05) is 6.07 Å². The van der Waals surface area contributed by atoms with Gasteiger partial charge in [0.25, 0.3) is 10.0 Å². The Kier molecular flexibility index (Phi) is 5.04. The number of nitrogens with zero attached hydrogens (tertiary/aromatic N) is 2. The zero-order valence-corrected chi connectivity index (χ0v) is 13.8. The highest BCUT2D eigenvalue weighted by Gasteiger charge is 2.21. The normalized spacial score (nSPS) is 13.3. The van der Waals surface area contributed by atoms with E-state index in [4.69, 9.17) is 0 Å². The summed E-state index contributed by atoms with van der Waals surface area (Å²) in [4.78, 5) is 9.26. The molecule has 1 atom stereocenters. The number of hydrogen-bond donors (Lipinski definition) is 2. The second-order valence-corrected chi connectivity index (χ2v) is 7.61. The van der Waals surface area contributed by atoms with E-state index < -0.39 is 10.0 Å². The minimum atomic E-state index is -3.64. The summed E-state index contributed by atoms with van der Waals surface area (Å²) in [6.07, 6.45) is 3.29. The first-order valence-corrected chi connectivity index (χ1v) is 8.76. The molecule has 0 aromatic carbocycles. The van der Waals surface area contributed by atoms with Gasteiger partial charge in [-0.15, -0.1) is 11.3 Å². The van der Waals surface area contributed by atoms with Crippen LogP contribution in [0.2, 0.25) is 0 Å². The molecule has 6 nitrogen and oxygen atoms in total. The fraction of sp³-hybridized carbons (Fsp3) is 0.385. The lowest BCUT2D eigenvalue weighted by Gasteiger charge is -2.11. The molecule has 0 saturated heterocycles. The number of thiazole rings is 1. The zero-order valence-electron chi connectivity index (χ0n) is 12.1. The number of nitrogens with one attached hydrogen (secondary N) is 2. The molecule has 0 spiro atoms. The Balaban J connectivity index is 2.14. The summed E-state index contributed by atoms with van der Waals surface area (Å²) in [5, 5.41) is 3.74. The molecule has 0 fully saturated rings. The molecule has 0 amide bonds. The number of hydrogen-bond acceptors (Lipinski definition) is 6. The Hall–Kier alpha value is -1.35. The van der Waals surface area contributed by atoms with Crippen molar-refractivity contribution in [1.29, 1.82) is 0 Å². The summed E-state index contributed by atoms with van der Waals surface area (Å²) in [5.74, 6) is 0. The maximum absolute atomic E-state index is 12.3. The monoisotopic (exact) mass is 326 g/mol. The summed E-state index contributed by atoms with van der Waals surface area (Å²) < 4.78 is 27.2. The minimum absolute atomic E-state index is 0.0162. The van der Waals surface area contributed by atoms with Crippen molar-refractivity contribution in [2.45, 2.75) is 31.5 Å². The summed E-state index contributed by atoms with van der Waals surface area (Å²) in [6, 6.07) is 2.87. The van der Waals surface area contributed by atoms with Crippen LogP contribution in [0.3, 0.4) is 0 Å². The molecule has 2 aromatic rings. The van der Waals surface area contributed by atoms with Crippen LogP contribution < -0.4 is 10.0 Å². The van der Waals surface area contributed by atoms with Gasteiger partial charge in [0.1, 0.15) is 5.01 Å². The van der Waals surface area contributed by atoms with Gasteiger partial charge in [0.15, 0.2) is 5.03 Å². The standard InChI is InChI=1S/C13H18N4O2S2/c1-9-6-16-13(20-9)10(2)17-21(18,19)12-5-4-11(7-14-3)8-15-12/h4-6,8,10,14,17H,7H2,1-3H3. The molecule has 0 aliphatic rings. The first kappa shape index (κ1) is 16.0. The second kappa shape index (κ2) is 6.61. The Morgan fingerprint density at radius 1 is 1.29 bits per heavy atom. The van der Waals surface area contributed by atoms with E-state index in [0.29, 0.717) is 6.54 Å². The molecule has 1 unspecified atom stereocenters. The van der Waals surface area contributed by atoms with Gasteiger partial charge in [-0.2, -0.15) is 0 Å². The van der Waals surface area contributed by atoms with Gasteiger partial charge < -0.3 is 5.32 Å². The SMILES string of the molecule is CNCc1ccc(S(=O)(=O)NC(C)c2ncc(C)s2)nc1. The topological polar surface area (TPSA) is 84.0 Å². The van der Waals surface area contributed by atoms with E-state index in [-0.39, 0.29) is 11.1 Å². The van der Waals surface area contributed by atoms with Crippen LogP contribution in [0.4, 0.5) is 0 Å². The highest BCUT2D eigenvalue weighted by Crippen LogP contribution is 2.20. The minimum Gasteiger partial charge on any atom is -0.316 e. The van der Waals surface area contributed by atoms with Gasteiger partial charge >= 0.3 is 0 Å². The Bertz CT molecular complexity index is 695. The Morgan fingerprint density at radius 3 is 2.57 bits per heavy atom. The van der Waals surface area contributed by atoms with Crippen molar-refractivity contribution in [3.8, 4) is 0 Å². The molecule has 21 heavy (non-hydrogen) atoms. The highest BCUT2D eigenvalue weighted by atomic mass is 32.2. The molecular formula is C13H18N4O2S2. The highest BCUT2D eigenvalue weighted by molar-refractivity contribution is 7.89. The van der Waals surface area contributed by atoms with E-state index in [1.165, 1.54) is 17.4 Å². The molecule has 0 aliphatic heterocycles. The van der Waals surface area contributed by atoms with Crippen LogP contribution >= 0.6 is 11.3 Å². The third kappa shape index (κ3) is 4.07. The van der Waals surface area contributed by atoms with Crippen LogP contribution in [0.5, 0.6) is 0 Å². The molecule has 0 saturated carbocycles. The van der Waals surface area contributed by atoms with Crippen molar-refractivity contribution in [3.05, 3.63) is 40.0 Å². The smallest absolute Gasteiger partial charge is 0.258 e. The van der Waals surface area contributed by atoms with E-state index in [1.807, 2.05) is 14.0 Å². The van der Waals surface area contributed by atoms with Crippen molar-refractivity contribution >= 4 is 21.4 Å². The first-order chi connectivity index (χ1) is 9.92. The molecule has 2 heterocycles. The average molecular weight is 326 g/mol. The third-order valence-electron chi connectivity index (χ3n) is 2.80. The van der Waals surface area contributed by atoms with Crippen LogP contribution in [0, 0.1) is 6.92 Å². The quantitative estimate of drug-likeness (QED) is 0.842. The third-order valence-corrected chi connectivity index (χ3v) is 5.35. The summed E-state index contributed by atoms with van der Waals surface area (Å²) >= 11 is 1.47. The largest absolute Gasteiger partial charge is 0.316 e. The predicted octanol–water partition coefficient (Wildman–Crippen LogP) is 1.61. The number of rotatable bonds is 6. The summed E-state index contributed by atoms with van der Waals surface area (Å²) in [5.41, 5.74) is 0.931. The second-order valence-electron chi connectivity index (χ2n) is 4.69. The van der Waals surface area contributed by atoms with E-state index >= 15 is 0 Å². The fourth-order valence-electron chi connectivity index (χ4n) is 1.79. The molecule has 2 N–H and O–H groups in total. The predicted molar refractivity (Wildman–Crippen MR) is 82.6 cm³/mol.